The number of aliphatic hydroxyl groups is 1. The number of rotatable bonds is 5. The first-order chi connectivity index (χ1) is 9.56. The van der Waals surface area contributed by atoms with E-state index in [1.807, 2.05) is 0 Å². The molecule has 20 heavy (non-hydrogen) atoms. The summed E-state index contributed by atoms with van der Waals surface area (Å²) >= 11 is 0. The Morgan fingerprint density at radius 3 is 2.50 bits per heavy atom. The normalized spacial score (nSPS) is 11.1. The molecule has 1 aromatic carbocycles. The highest BCUT2D eigenvalue weighted by Gasteiger charge is 2.19. The molecule has 2 rings (SSSR count). The fourth-order valence-electron chi connectivity index (χ4n) is 1.68. The fourth-order valence-corrected chi connectivity index (χ4v) is 2.88. The number of anilines is 2. The lowest BCUT2D eigenvalue weighted by Gasteiger charge is -2.11. The van der Waals surface area contributed by atoms with Gasteiger partial charge in [-0.25, -0.2) is 4.98 Å². The molecule has 0 fully saturated rings. The summed E-state index contributed by atoms with van der Waals surface area (Å²) in [5.74, 6) is 0. The molecule has 0 saturated carbocycles. The number of hydrogen-bond acceptors (Lipinski definition) is 5. The highest BCUT2D eigenvalue weighted by Crippen LogP contribution is 2.21. The van der Waals surface area contributed by atoms with E-state index in [-0.39, 0.29) is 11.6 Å². The van der Waals surface area contributed by atoms with E-state index in [4.69, 9.17) is 5.11 Å². The predicted molar refractivity (Wildman–Crippen MR) is 77.0 cm³/mol. The summed E-state index contributed by atoms with van der Waals surface area (Å²) in [4.78, 5) is 3.90. The highest BCUT2D eigenvalue weighted by atomic mass is 32.2. The van der Waals surface area contributed by atoms with Crippen LogP contribution in [0.4, 0.5) is 11.4 Å². The number of aliphatic hydroxyl groups excluding tert-OH is 1. The van der Waals surface area contributed by atoms with Crippen LogP contribution in [0.2, 0.25) is 0 Å². The third-order valence-electron chi connectivity index (χ3n) is 2.68. The lowest BCUT2D eigenvalue weighted by atomic mass is 10.2. The van der Waals surface area contributed by atoms with Crippen molar-refractivity contribution in [2.24, 2.45) is 0 Å². The summed E-state index contributed by atoms with van der Waals surface area (Å²) < 4.78 is 27.0. The lowest BCUT2D eigenvalue weighted by molar-refractivity contribution is 0.282. The van der Waals surface area contributed by atoms with Gasteiger partial charge in [0.1, 0.15) is 0 Å². The zero-order valence-electron chi connectivity index (χ0n) is 10.9. The van der Waals surface area contributed by atoms with Crippen LogP contribution in [0.1, 0.15) is 5.56 Å². The maximum Gasteiger partial charge on any atom is 0.281 e. The summed E-state index contributed by atoms with van der Waals surface area (Å²) in [6, 6.07) is 9.76. The Balaban J connectivity index is 2.30. The molecule has 0 spiro atoms. The molecule has 0 aliphatic rings. The number of sulfonamides is 1. The average molecular weight is 293 g/mol. The summed E-state index contributed by atoms with van der Waals surface area (Å²) in [7, 11) is -2.13. The van der Waals surface area contributed by atoms with Gasteiger partial charge in [-0.05, 0) is 29.8 Å². The van der Waals surface area contributed by atoms with Gasteiger partial charge in [0, 0.05) is 18.9 Å². The van der Waals surface area contributed by atoms with Crippen LogP contribution in [0.3, 0.4) is 0 Å². The molecule has 1 heterocycles. The molecule has 106 valence electrons. The van der Waals surface area contributed by atoms with Crippen molar-refractivity contribution < 1.29 is 13.5 Å². The number of nitrogens with one attached hydrogen (secondary N) is 2. The van der Waals surface area contributed by atoms with E-state index in [9.17, 15) is 8.42 Å². The maximum atomic E-state index is 12.3. The van der Waals surface area contributed by atoms with Crippen molar-refractivity contribution in [3.63, 3.8) is 0 Å². The summed E-state index contributed by atoms with van der Waals surface area (Å²) in [6.45, 7) is -0.0861. The Morgan fingerprint density at radius 1 is 1.20 bits per heavy atom. The van der Waals surface area contributed by atoms with Gasteiger partial charge in [0.15, 0.2) is 5.03 Å². The van der Waals surface area contributed by atoms with Crippen LogP contribution in [0.25, 0.3) is 0 Å². The second kappa shape index (κ2) is 5.89. The lowest BCUT2D eigenvalue weighted by Crippen LogP contribution is -2.16. The fraction of sp³-hybridized carbons (Fsp3) is 0.154. The summed E-state index contributed by atoms with van der Waals surface area (Å²) in [5, 5.41) is 11.7. The van der Waals surface area contributed by atoms with E-state index in [1.165, 1.54) is 6.20 Å². The van der Waals surface area contributed by atoms with Gasteiger partial charge < -0.3 is 10.4 Å². The van der Waals surface area contributed by atoms with E-state index in [0.29, 0.717) is 16.9 Å². The molecule has 0 unspecified atom stereocenters. The largest absolute Gasteiger partial charge is 0.392 e. The van der Waals surface area contributed by atoms with E-state index in [0.717, 1.165) is 0 Å². The van der Waals surface area contributed by atoms with Crippen LogP contribution in [-0.2, 0) is 16.6 Å². The Bertz CT molecular complexity index is 684. The van der Waals surface area contributed by atoms with Crippen LogP contribution in [-0.4, -0.2) is 25.6 Å². The van der Waals surface area contributed by atoms with Crippen LogP contribution in [0, 0.1) is 0 Å². The third kappa shape index (κ3) is 3.06. The van der Waals surface area contributed by atoms with Gasteiger partial charge in [0.05, 0.1) is 12.3 Å². The first kappa shape index (κ1) is 14.3. The molecule has 2 aromatic rings. The molecular weight excluding hydrogens is 278 g/mol. The van der Waals surface area contributed by atoms with Gasteiger partial charge in [0.2, 0.25) is 0 Å². The number of pyridine rings is 1. The number of nitrogens with zero attached hydrogens (tertiary/aromatic N) is 1. The highest BCUT2D eigenvalue weighted by molar-refractivity contribution is 7.92. The molecule has 3 N–H and O–H groups in total. The number of benzene rings is 1. The van der Waals surface area contributed by atoms with Crippen LogP contribution in [0.15, 0.2) is 47.6 Å². The van der Waals surface area contributed by atoms with Gasteiger partial charge >= 0.3 is 0 Å². The quantitative estimate of drug-likeness (QED) is 0.775. The smallest absolute Gasteiger partial charge is 0.281 e. The molecular formula is C13H15N3O3S. The molecule has 0 aliphatic heterocycles. The predicted octanol–water partition coefficient (Wildman–Crippen LogP) is 1.42. The zero-order valence-corrected chi connectivity index (χ0v) is 11.7. The van der Waals surface area contributed by atoms with E-state index in [1.54, 1.807) is 43.4 Å². The standard InChI is InChI=1S/C13H15N3O3S/c1-14-12-3-2-8-15-13(12)20(18,19)16-11-6-4-10(9-17)5-7-11/h2-8,14,16-17H,9H2,1H3. The van der Waals surface area contributed by atoms with E-state index in [2.05, 4.69) is 15.0 Å². The Kier molecular flexibility index (Phi) is 4.21. The molecule has 0 bridgehead atoms. The zero-order chi connectivity index (χ0) is 14.6. The second-order valence-electron chi connectivity index (χ2n) is 4.07. The minimum absolute atomic E-state index is 0.0614. The molecule has 0 saturated heterocycles. The molecule has 0 radical (unpaired) electrons. The minimum atomic E-state index is -3.76. The molecule has 1 aromatic heterocycles. The van der Waals surface area contributed by atoms with Crippen LogP contribution < -0.4 is 10.0 Å². The minimum Gasteiger partial charge on any atom is -0.392 e. The Labute approximate surface area is 117 Å². The molecule has 7 heteroatoms. The van der Waals surface area contributed by atoms with Crippen LogP contribution >= 0.6 is 0 Å². The maximum absolute atomic E-state index is 12.3. The van der Waals surface area contributed by atoms with Crippen molar-refractivity contribution in [3.05, 3.63) is 48.2 Å². The first-order valence-electron chi connectivity index (χ1n) is 5.92. The van der Waals surface area contributed by atoms with E-state index >= 15 is 0 Å². The van der Waals surface area contributed by atoms with Crippen molar-refractivity contribution in [2.75, 3.05) is 17.1 Å². The summed E-state index contributed by atoms with van der Waals surface area (Å²) in [5.41, 5.74) is 1.54. The monoisotopic (exact) mass is 293 g/mol. The molecule has 0 atom stereocenters. The third-order valence-corrected chi connectivity index (χ3v) is 4.02. The molecule has 6 nitrogen and oxygen atoms in total. The number of hydrogen-bond donors (Lipinski definition) is 3. The van der Waals surface area contributed by atoms with Crippen LogP contribution in [0.5, 0.6) is 0 Å². The molecule has 0 amide bonds. The van der Waals surface area contributed by atoms with Crippen molar-refractivity contribution in [1.29, 1.82) is 0 Å². The van der Waals surface area contributed by atoms with Gasteiger partial charge in [-0.15, -0.1) is 0 Å². The summed E-state index contributed by atoms with van der Waals surface area (Å²) in [6.07, 6.45) is 1.42. The average Bonchev–Trinajstić information content (AvgIpc) is 2.47. The second-order valence-corrected chi connectivity index (χ2v) is 5.66. The van der Waals surface area contributed by atoms with E-state index < -0.39 is 10.0 Å². The Morgan fingerprint density at radius 2 is 1.90 bits per heavy atom. The van der Waals surface area contributed by atoms with Gasteiger partial charge in [-0.2, -0.15) is 8.42 Å². The SMILES string of the molecule is CNc1cccnc1S(=O)(=O)Nc1ccc(CO)cc1. The number of aromatic nitrogens is 1. The van der Waals surface area contributed by atoms with Gasteiger partial charge in [0.25, 0.3) is 10.0 Å². The van der Waals surface area contributed by atoms with Crippen molar-refractivity contribution in [2.45, 2.75) is 11.6 Å². The van der Waals surface area contributed by atoms with Gasteiger partial charge in [-0.3, -0.25) is 4.72 Å². The van der Waals surface area contributed by atoms with Gasteiger partial charge in [-0.1, -0.05) is 12.1 Å². The van der Waals surface area contributed by atoms with Crippen molar-refractivity contribution in [3.8, 4) is 0 Å². The first-order valence-corrected chi connectivity index (χ1v) is 7.40. The van der Waals surface area contributed by atoms with Crippen molar-refractivity contribution >= 4 is 21.4 Å². The van der Waals surface area contributed by atoms with Crippen molar-refractivity contribution in [1.82, 2.24) is 4.98 Å². The topological polar surface area (TPSA) is 91.3 Å². The Hall–Kier alpha value is -2.12. The molecule has 0 aliphatic carbocycles.